The molecule has 0 atom stereocenters. The highest BCUT2D eigenvalue weighted by molar-refractivity contribution is 9.10. The van der Waals surface area contributed by atoms with Gasteiger partial charge in [0.15, 0.2) is 0 Å². The van der Waals surface area contributed by atoms with Gasteiger partial charge < -0.3 is 0 Å². The minimum absolute atomic E-state index is 0.0839. The largest absolute Gasteiger partial charge is 0.241 e. The van der Waals surface area contributed by atoms with Gasteiger partial charge in [-0.3, -0.25) is 0 Å². The van der Waals surface area contributed by atoms with Crippen LogP contribution in [0.3, 0.4) is 0 Å². The van der Waals surface area contributed by atoms with Gasteiger partial charge in [0.25, 0.3) is 0 Å². The van der Waals surface area contributed by atoms with Crippen LogP contribution in [-0.4, -0.2) is 15.0 Å². The van der Waals surface area contributed by atoms with Crippen LogP contribution >= 0.6 is 15.9 Å². The number of halogens is 2. The van der Waals surface area contributed by atoms with Gasteiger partial charge in [0, 0.05) is 11.0 Å². The third-order valence-corrected chi connectivity index (χ3v) is 4.06. The molecule has 0 unspecified atom stereocenters. The molecular weight excluding hydrogens is 273 g/mol. The number of benzene rings is 1. The first-order valence-corrected chi connectivity index (χ1v) is 6.19. The summed E-state index contributed by atoms with van der Waals surface area (Å²) in [5, 5.41) is 0. The van der Waals surface area contributed by atoms with Crippen molar-refractivity contribution < 1.29 is 12.8 Å². The molecule has 6 heteroatoms. The first kappa shape index (κ1) is 11.6. The average molecular weight is 282 g/mol. The van der Waals surface area contributed by atoms with Crippen molar-refractivity contribution in [3.63, 3.8) is 0 Å². The molecule has 0 aliphatic rings. The van der Waals surface area contributed by atoms with Crippen LogP contribution in [0.25, 0.3) is 0 Å². The van der Waals surface area contributed by atoms with E-state index < -0.39 is 15.8 Å². The molecule has 0 amide bonds. The maximum Gasteiger partial charge on any atom is 0.241 e. The second-order valence-corrected chi connectivity index (χ2v) is 5.17. The second kappa shape index (κ2) is 4.37. The molecule has 0 aliphatic carbocycles. The lowest BCUT2D eigenvalue weighted by atomic mass is 10.3. The Bertz CT molecular complexity index is 433. The summed E-state index contributed by atoms with van der Waals surface area (Å²) in [6, 6.07) is 3.52. The third-order valence-electron chi connectivity index (χ3n) is 1.52. The van der Waals surface area contributed by atoms with E-state index in [4.69, 9.17) is 0 Å². The van der Waals surface area contributed by atoms with Gasteiger partial charge in [0.2, 0.25) is 10.0 Å². The molecule has 1 aromatic carbocycles. The zero-order chi connectivity index (χ0) is 10.8. The predicted molar refractivity (Wildman–Crippen MR) is 55.0 cm³/mol. The van der Waals surface area contributed by atoms with E-state index in [1.165, 1.54) is 12.1 Å². The maximum absolute atomic E-state index is 12.8. The van der Waals surface area contributed by atoms with Crippen molar-refractivity contribution >= 4 is 26.0 Å². The molecule has 0 aliphatic heterocycles. The van der Waals surface area contributed by atoms with Crippen molar-refractivity contribution in [1.82, 2.24) is 4.72 Å². The van der Waals surface area contributed by atoms with E-state index in [0.29, 0.717) is 4.47 Å². The number of hydrogen-bond donors (Lipinski definition) is 1. The minimum Gasteiger partial charge on any atom is -0.211 e. The van der Waals surface area contributed by atoms with Crippen LogP contribution in [0.1, 0.15) is 6.92 Å². The van der Waals surface area contributed by atoms with Crippen molar-refractivity contribution in [3.05, 3.63) is 28.5 Å². The van der Waals surface area contributed by atoms with Gasteiger partial charge in [0.1, 0.15) is 5.82 Å². The van der Waals surface area contributed by atoms with E-state index in [0.717, 1.165) is 6.07 Å². The first-order chi connectivity index (χ1) is 6.47. The summed E-state index contributed by atoms with van der Waals surface area (Å²) in [6.45, 7) is 1.93. The fraction of sp³-hybridized carbons (Fsp3) is 0.250. The molecule has 0 aromatic heterocycles. The van der Waals surface area contributed by atoms with Gasteiger partial charge in [-0.15, -0.1) is 0 Å². The topological polar surface area (TPSA) is 46.2 Å². The Morgan fingerprint density at radius 2 is 2.14 bits per heavy atom. The van der Waals surface area contributed by atoms with Crippen molar-refractivity contribution in [3.8, 4) is 0 Å². The van der Waals surface area contributed by atoms with E-state index in [9.17, 15) is 12.8 Å². The van der Waals surface area contributed by atoms with Crippen LogP contribution in [0.2, 0.25) is 0 Å². The van der Waals surface area contributed by atoms with E-state index in [2.05, 4.69) is 20.7 Å². The molecule has 0 saturated heterocycles. The smallest absolute Gasteiger partial charge is 0.211 e. The Balaban J connectivity index is 3.25. The summed E-state index contributed by atoms with van der Waals surface area (Å²) in [5.41, 5.74) is 0. The highest BCUT2D eigenvalue weighted by Crippen LogP contribution is 2.22. The van der Waals surface area contributed by atoms with Crippen LogP contribution in [0, 0.1) is 5.82 Å². The van der Waals surface area contributed by atoms with Crippen LogP contribution in [-0.2, 0) is 10.0 Å². The zero-order valence-electron chi connectivity index (χ0n) is 7.42. The molecular formula is C8H9BrFNO2S. The lowest BCUT2D eigenvalue weighted by molar-refractivity contribution is 0.579. The SMILES string of the molecule is CCNS(=O)(=O)c1cc(F)ccc1Br. The fourth-order valence-corrected chi connectivity index (χ4v) is 2.96. The summed E-state index contributed by atoms with van der Waals surface area (Å²) in [4.78, 5) is -0.0839. The molecule has 1 rings (SSSR count). The molecule has 14 heavy (non-hydrogen) atoms. The minimum atomic E-state index is -3.60. The molecule has 0 fully saturated rings. The van der Waals surface area contributed by atoms with Crippen molar-refractivity contribution in [2.45, 2.75) is 11.8 Å². The van der Waals surface area contributed by atoms with Gasteiger partial charge in [-0.25, -0.2) is 17.5 Å². The molecule has 78 valence electrons. The van der Waals surface area contributed by atoms with Gasteiger partial charge in [-0.2, -0.15) is 0 Å². The van der Waals surface area contributed by atoms with Gasteiger partial charge in [-0.05, 0) is 34.1 Å². The number of rotatable bonds is 3. The Morgan fingerprint density at radius 1 is 1.50 bits per heavy atom. The highest BCUT2D eigenvalue weighted by atomic mass is 79.9. The van der Waals surface area contributed by atoms with Crippen LogP contribution < -0.4 is 4.72 Å². The van der Waals surface area contributed by atoms with Gasteiger partial charge in [0.05, 0.1) is 4.90 Å². The third kappa shape index (κ3) is 2.52. The Kier molecular flexibility index (Phi) is 3.63. The molecule has 0 spiro atoms. The highest BCUT2D eigenvalue weighted by Gasteiger charge is 2.16. The zero-order valence-corrected chi connectivity index (χ0v) is 9.82. The fourth-order valence-electron chi connectivity index (χ4n) is 0.951. The van der Waals surface area contributed by atoms with Crippen LogP contribution in [0.5, 0.6) is 0 Å². The van der Waals surface area contributed by atoms with Crippen LogP contribution in [0.15, 0.2) is 27.6 Å². The van der Waals surface area contributed by atoms with Gasteiger partial charge >= 0.3 is 0 Å². The molecule has 1 N–H and O–H groups in total. The quantitative estimate of drug-likeness (QED) is 0.920. The van der Waals surface area contributed by atoms with Crippen molar-refractivity contribution in [2.24, 2.45) is 0 Å². The summed E-state index contributed by atoms with van der Waals surface area (Å²) in [7, 11) is -3.60. The van der Waals surface area contributed by atoms with Crippen molar-refractivity contribution in [1.29, 1.82) is 0 Å². The Labute approximate surface area is 90.5 Å². The average Bonchev–Trinajstić information content (AvgIpc) is 2.09. The standard InChI is InChI=1S/C8H9BrFNO2S/c1-2-11-14(12,13)8-5-6(10)3-4-7(8)9/h3-5,11H,2H2,1H3. The van der Waals surface area contributed by atoms with E-state index in [-0.39, 0.29) is 11.4 Å². The molecule has 3 nitrogen and oxygen atoms in total. The Hall–Kier alpha value is -0.460. The van der Waals surface area contributed by atoms with Gasteiger partial charge in [-0.1, -0.05) is 6.92 Å². The van der Waals surface area contributed by atoms with Crippen molar-refractivity contribution in [2.75, 3.05) is 6.54 Å². The maximum atomic E-state index is 12.8. The second-order valence-electron chi connectivity index (χ2n) is 2.58. The summed E-state index contributed by atoms with van der Waals surface area (Å²) >= 11 is 3.05. The Morgan fingerprint density at radius 3 is 2.71 bits per heavy atom. The predicted octanol–water partition coefficient (Wildman–Crippen LogP) is 1.89. The molecule has 1 aromatic rings. The monoisotopic (exact) mass is 281 g/mol. The normalized spacial score (nSPS) is 11.6. The summed E-state index contributed by atoms with van der Waals surface area (Å²) in [6.07, 6.45) is 0. The molecule has 0 bridgehead atoms. The lowest BCUT2D eigenvalue weighted by Gasteiger charge is -2.06. The number of nitrogens with one attached hydrogen (secondary N) is 1. The number of sulfonamides is 1. The van der Waals surface area contributed by atoms with Crippen LogP contribution in [0.4, 0.5) is 4.39 Å². The summed E-state index contributed by atoms with van der Waals surface area (Å²) in [5.74, 6) is -0.579. The van der Waals surface area contributed by atoms with E-state index in [1.807, 2.05) is 0 Å². The molecule has 0 saturated carbocycles. The number of hydrogen-bond acceptors (Lipinski definition) is 2. The summed E-state index contributed by atoms with van der Waals surface area (Å²) < 4.78 is 38.4. The molecule has 0 radical (unpaired) electrons. The van der Waals surface area contributed by atoms with E-state index in [1.54, 1.807) is 6.92 Å². The van der Waals surface area contributed by atoms with E-state index >= 15 is 0 Å². The lowest BCUT2D eigenvalue weighted by Crippen LogP contribution is -2.23. The first-order valence-electron chi connectivity index (χ1n) is 3.92. The molecule has 0 heterocycles.